The Morgan fingerprint density at radius 3 is 2.82 bits per heavy atom. The van der Waals surface area contributed by atoms with E-state index >= 15 is 0 Å². The molecule has 1 unspecified atom stereocenters. The molecule has 2 rings (SSSR count). The molecule has 4 nitrogen and oxygen atoms in total. The number of carbonyl (C=O) groups excluding carboxylic acids is 1. The van der Waals surface area contributed by atoms with Crippen molar-refractivity contribution in [1.29, 1.82) is 0 Å². The summed E-state index contributed by atoms with van der Waals surface area (Å²) in [6.45, 7) is 1.84. The number of nitrogens with one attached hydrogen (secondary N) is 2. The molecule has 0 saturated carbocycles. The van der Waals surface area contributed by atoms with Gasteiger partial charge in [-0.2, -0.15) is 0 Å². The van der Waals surface area contributed by atoms with Gasteiger partial charge in [0.15, 0.2) is 0 Å². The van der Waals surface area contributed by atoms with Gasteiger partial charge in [0.2, 0.25) is 5.91 Å². The summed E-state index contributed by atoms with van der Waals surface area (Å²) in [5.74, 6) is -0.0402. The van der Waals surface area contributed by atoms with Gasteiger partial charge < -0.3 is 15.4 Å². The molecular weight excluding hydrogens is 236 g/mol. The van der Waals surface area contributed by atoms with Gasteiger partial charge in [-0.25, -0.2) is 0 Å². The lowest BCUT2D eigenvalue weighted by Crippen LogP contribution is -2.48. The van der Waals surface area contributed by atoms with Crippen LogP contribution in [-0.4, -0.2) is 38.0 Å². The molecule has 0 radical (unpaired) electrons. The summed E-state index contributed by atoms with van der Waals surface area (Å²) >= 11 is 1.68. The van der Waals surface area contributed by atoms with Crippen LogP contribution in [0.25, 0.3) is 0 Å². The maximum atomic E-state index is 11.9. The lowest BCUT2D eigenvalue weighted by molar-refractivity contribution is -0.120. The molecule has 1 aliphatic rings. The van der Waals surface area contributed by atoms with Crippen molar-refractivity contribution in [3.8, 4) is 0 Å². The zero-order chi connectivity index (χ0) is 12.1. The van der Waals surface area contributed by atoms with Crippen LogP contribution in [0.4, 0.5) is 5.69 Å². The first-order valence-corrected chi connectivity index (χ1v) is 6.78. The van der Waals surface area contributed by atoms with E-state index in [4.69, 9.17) is 4.74 Å². The highest BCUT2D eigenvalue weighted by molar-refractivity contribution is 7.98. The van der Waals surface area contributed by atoms with E-state index in [1.807, 2.05) is 30.5 Å². The number of morpholine rings is 1. The Hall–Kier alpha value is -1.04. The first-order valence-electron chi connectivity index (χ1n) is 5.55. The average molecular weight is 252 g/mol. The van der Waals surface area contributed by atoms with Gasteiger partial charge in [0.1, 0.15) is 6.04 Å². The number of ether oxygens (including phenoxy) is 1. The molecule has 0 spiro atoms. The minimum Gasteiger partial charge on any atom is -0.378 e. The Kier molecular flexibility index (Phi) is 4.42. The molecule has 0 aliphatic carbocycles. The molecule has 5 heteroatoms. The van der Waals surface area contributed by atoms with Gasteiger partial charge in [-0.3, -0.25) is 4.79 Å². The summed E-state index contributed by atoms with van der Waals surface area (Å²) in [5.41, 5.74) is 0.820. The van der Waals surface area contributed by atoms with Gasteiger partial charge in [-0.1, -0.05) is 0 Å². The minimum absolute atomic E-state index is 0.0402. The molecule has 17 heavy (non-hydrogen) atoms. The van der Waals surface area contributed by atoms with Crippen LogP contribution in [-0.2, 0) is 9.53 Å². The number of rotatable bonds is 3. The molecule has 1 heterocycles. The Labute approximate surface area is 105 Å². The summed E-state index contributed by atoms with van der Waals surface area (Å²) < 4.78 is 5.25. The Bertz CT molecular complexity index is 375. The number of benzene rings is 1. The summed E-state index contributed by atoms with van der Waals surface area (Å²) in [6, 6.07) is 7.56. The Morgan fingerprint density at radius 2 is 2.24 bits per heavy atom. The molecular formula is C12H16N2O2S. The maximum Gasteiger partial charge on any atom is 0.243 e. The number of hydrogen-bond donors (Lipinski definition) is 2. The van der Waals surface area contributed by atoms with Crippen LogP contribution in [0.3, 0.4) is 0 Å². The van der Waals surface area contributed by atoms with Crippen LogP contribution >= 0.6 is 11.8 Å². The fourth-order valence-corrected chi connectivity index (χ4v) is 2.05. The number of amides is 1. The van der Waals surface area contributed by atoms with Crippen LogP contribution in [0.2, 0.25) is 0 Å². The second-order valence-electron chi connectivity index (χ2n) is 3.80. The zero-order valence-corrected chi connectivity index (χ0v) is 10.5. The van der Waals surface area contributed by atoms with Crippen molar-refractivity contribution in [3.63, 3.8) is 0 Å². The van der Waals surface area contributed by atoms with Crippen molar-refractivity contribution in [2.24, 2.45) is 0 Å². The molecule has 1 atom stereocenters. The molecule has 2 N–H and O–H groups in total. The highest BCUT2D eigenvalue weighted by Crippen LogP contribution is 2.17. The van der Waals surface area contributed by atoms with E-state index in [9.17, 15) is 4.79 Å². The summed E-state index contributed by atoms with van der Waals surface area (Å²) in [6.07, 6.45) is 2.02. The fraction of sp³-hybridized carbons (Fsp3) is 0.417. The standard InChI is InChI=1S/C12H16N2O2S/c1-17-10-4-2-9(3-5-10)14-12(15)11-8-16-7-6-13-11/h2-5,11,13H,6-8H2,1H3,(H,14,15). The second-order valence-corrected chi connectivity index (χ2v) is 4.68. The van der Waals surface area contributed by atoms with E-state index in [0.29, 0.717) is 13.2 Å². The lowest BCUT2D eigenvalue weighted by Gasteiger charge is -2.22. The van der Waals surface area contributed by atoms with E-state index in [-0.39, 0.29) is 11.9 Å². The Balaban J connectivity index is 1.92. The molecule has 1 fully saturated rings. The van der Waals surface area contributed by atoms with Crippen LogP contribution in [0.5, 0.6) is 0 Å². The summed E-state index contributed by atoms with van der Waals surface area (Å²) in [4.78, 5) is 13.0. The van der Waals surface area contributed by atoms with Crippen molar-refractivity contribution >= 4 is 23.4 Å². The molecule has 1 aliphatic heterocycles. The molecule has 92 valence electrons. The minimum atomic E-state index is -0.246. The van der Waals surface area contributed by atoms with E-state index in [2.05, 4.69) is 10.6 Å². The zero-order valence-electron chi connectivity index (χ0n) is 9.73. The largest absolute Gasteiger partial charge is 0.378 e. The molecule has 1 aromatic rings. The number of thioether (sulfide) groups is 1. The van der Waals surface area contributed by atoms with Crippen molar-refractivity contribution in [2.75, 3.05) is 31.3 Å². The first kappa shape index (κ1) is 12.4. The van der Waals surface area contributed by atoms with E-state index < -0.39 is 0 Å². The van der Waals surface area contributed by atoms with Gasteiger partial charge in [0.05, 0.1) is 13.2 Å². The first-order chi connectivity index (χ1) is 8.29. The normalized spacial score (nSPS) is 19.9. The van der Waals surface area contributed by atoms with Crippen molar-refractivity contribution in [3.05, 3.63) is 24.3 Å². The van der Waals surface area contributed by atoms with Crippen LogP contribution < -0.4 is 10.6 Å². The molecule has 1 amide bonds. The van der Waals surface area contributed by atoms with E-state index in [1.54, 1.807) is 11.8 Å². The van der Waals surface area contributed by atoms with Crippen LogP contribution in [0, 0.1) is 0 Å². The molecule has 0 aromatic heterocycles. The van der Waals surface area contributed by atoms with Crippen molar-refractivity contribution in [2.45, 2.75) is 10.9 Å². The van der Waals surface area contributed by atoms with Crippen molar-refractivity contribution in [1.82, 2.24) is 5.32 Å². The van der Waals surface area contributed by atoms with Gasteiger partial charge in [-0.05, 0) is 30.5 Å². The van der Waals surface area contributed by atoms with E-state index in [0.717, 1.165) is 12.2 Å². The predicted molar refractivity (Wildman–Crippen MR) is 69.5 cm³/mol. The van der Waals surface area contributed by atoms with E-state index in [1.165, 1.54) is 4.90 Å². The predicted octanol–water partition coefficient (Wildman–Crippen LogP) is 1.34. The highest BCUT2D eigenvalue weighted by Gasteiger charge is 2.20. The number of carbonyl (C=O) groups is 1. The van der Waals surface area contributed by atoms with Crippen LogP contribution in [0.1, 0.15) is 0 Å². The lowest BCUT2D eigenvalue weighted by atomic mass is 10.2. The van der Waals surface area contributed by atoms with Gasteiger partial charge in [-0.15, -0.1) is 11.8 Å². The maximum absolute atomic E-state index is 11.9. The summed E-state index contributed by atoms with van der Waals surface area (Å²) in [5, 5.41) is 5.99. The second kappa shape index (κ2) is 6.05. The van der Waals surface area contributed by atoms with Gasteiger partial charge in [0.25, 0.3) is 0 Å². The molecule has 1 aromatic carbocycles. The highest BCUT2D eigenvalue weighted by atomic mass is 32.2. The Morgan fingerprint density at radius 1 is 1.47 bits per heavy atom. The topological polar surface area (TPSA) is 50.4 Å². The third-order valence-electron chi connectivity index (χ3n) is 2.60. The SMILES string of the molecule is CSc1ccc(NC(=O)C2COCCN2)cc1. The average Bonchev–Trinajstić information content (AvgIpc) is 2.40. The fourth-order valence-electron chi connectivity index (χ4n) is 1.64. The third-order valence-corrected chi connectivity index (χ3v) is 3.34. The monoisotopic (exact) mass is 252 g/mol. The van der Waals surface area contributed by atoms with Crippen molar-refractivity contribution < 1.29 is 9.53 Å². The third kappa shape index (κ3) is 3.46. The summed E-state index contributed by atoms with van der Waals surface area (Å²) in [7, 11) is 0. The number of anilines is 1. The quantitative estimate of drug-likeness (QED) is 0.797. The molecule has 0 bridgehead atoms. The molecule has 1 saturated heterocycles. The number of hydrogen-bond acceptors (Lipinski definition) is 4. The van der Waals surface area contributed by atoms with Gasteiger partial charge >= 0.3 is 0 Å². The van der Waals surface area contributed by atoms with Crippen LogP contribution in [0.15, 0.2) is 29.2 Å². The van der Waals surface area contributed by atoms with Gasteiger partial charge in [0, 0.05) is 17.1 Å². The smallest absolute Gasteiger partial charge is 0.243 e.